The third-order valence-electron chi connectivity index (χ3n) is 5.65. The monoisotopic (exact) mass is 557 g/mol. The van der Waals surface area contributed by atoms with E-state index in [1.807, 2.05) is 30.3 Å². The minimum absolute atomic E-state index is 0.132. The van der Waals surface area contributed by atoms with E-state index >= 15 is 0 Å². The number of carbonyl (C=O) groups excluding carboxylic acids is 5. The van der Waals surface area contributed by atoms with Gasteiger partial charge in [0.15, 0.2) is 12.2 Å². The molecule has 1 saturated heterocycles. The van der Waals surface area contributed by atoms with Crippen molar-refractivity contribution in [2.45, 2.75) is 64.9 Å². The first-order chi connectivity index (χ1) is 19.0. The van der Waals surface area contributed by atoms with Crippen molar-refractivity contribution in [1.29, 1.82) is 0 Å². The van der Waals surface area contributed by atoms with Crippen LogP contribution in [-0.4, -0.2) is 67.0 Å². The Morgan fingerprint density at radius 1 is 0.750 bits per heavy atom. The van der Waals surface area contributed by atoms with E-state index in [1.165, 1.54) is 6.07 Å². The summed E-state index contributed by atoms with van der Waals surface area (Å²) in [5, 5.41) is 2.68. The van der Waals surface area contributed by atoms with Crippen LogP contribution in [0.25, 0.3) is 0 Å². The van der Waals surface area contributed by atoms with E-state index in [1.54, 1.807) is 18.2 Å². The normalized spacial score (nSPS) is 21.9. The number of nitrogens with one attached hydrogen (secondary N) is 1. The van der Waals surface area contributed by atoms with E-state index in [4.69, 9.17) is 28.4 Å². The van der Waals surface area contributed by atoms with Crippen molar-refractivity contribution in [1.82, 2.24) is 5.32 Å². The molecule has 0 aromatic heterocycles. The fourth-order valence-corrected chi connectivity index (χ4v) is 4.06. The molecule has 0 saturated carbocycles. The minimum Gasteiger partial charge on any atom is -0.488 e. The summed E-state index contributed by atoms with van der Waals surface area (Å²) in [6.07, 6.45) is -5.42. The van der Waals surface area contributed by atoms with Gasteiger partial charge in [-0.1, -0.05) is 42.5 Å². The Hall–Kier alpha value is -4.45. The van der Waals surface area contributed by atoms with E-state index < -0.39 is 67.0 Å². The van der Waals surface area contributed by atoms with Gasteiger partial charge in [-0.05, 0) is 17.7 Å². The Bertz CT molecular complexity index is 1220. The van der Waals surface area contributed by atoms with Gasteiger partial charge in [0, 0.05) is 27.7 Å². The van der Waals surface area contributed by atoms with Crippen LogP contribution in [0.1, 0.15) is 43.6 Å². The topological polar surface area (TPSA) is 153 Å². The van der Waals surface area contributed by atoms with Gasteiger partial charge in [0.2, 0.25) is 6.29 Å². The lowest BCUT2D eigenvalue weighted by Crippen LogP contribution is -2.67. The van der Waals surface area contributed by atoms with Crippen molar-refractivity contribution in [2.24, 2.45) is 0 Å². The molecule has 2 aromatic carbocycles. The summed E-state index contributed by atoms with van der Waals surface area (Å²) in [7, 11) is 0. The third-order valence-corrected chi connectivity index (χ3v) is 5.65. The van der Waals surface area contributed by atoms with E-state index in [0.29, 0.717) is 0 Å². The number of amides is 1. The molecule has 2 aromatic rings. The zero-order valence-corrected chi connectivity index (χ0v) is 22.5. The number of para-hydroxylation sites is 1. The number of ether oxygens (including phenoxy) is 6. The highest BCUT2D eigenvalue weighted by molar-refractivity contribution is 5.97. The van der Waals surface area contributed by atoms with Crippen molar-refractivity contribution in [3.63, 3.8) is 0 Å². The SMILES string of the molecule is CC(=O)OC[C@@H]1O[C@H](OC(C)=O)[C@H](NC(=O)c2ccccc2OCc2ccccc2)[C@@H](OC(C)=O)[C@H]1OC(C)=O. The van der Waals surface area contributed by atoms with Crippen LogP contribution in [0.15, 0.2) is 54.6 Å². The summed E-state index contributed by atoms with van der Waals surface area (Å²) < 4.78 is 32.9. The maximum atomic E-state index is 13.5. The van der Waals surface area contributed by atoms with Crippen LogP contribution < -0.4 is 10.1 Å². The summed E-state index contributed by atoms with van der Waals surface area (Å²) in [4.78, 5) is 61.0. The summed E-state index contributed by atoms with van der Waals surface area (Å²) in [6, 6.07) is 14.5. The average molecular weight is 558 g/mol. The van der Waals surface area contributed by atoms with Gasteiger partial charge in [-0.25, -0.2) is 0 Å². The van der Waals surface area contributed by atoms with E-state index in [0.717, 1.165) is 33.3 Å². The predicted octanol–water partition coefficient (Wildman–Crippen LogP) is 2.08. The Kier molecular flexibility index (Phi) is 10.6. The first-order valence-electron chi connectivity index (χ1n) is 12.4. The molecule has 0 aliphatic carbocycles. The van der Waals surface area contributed by atoms with Gasteiger partial charge in [0.05, 0.1) is 5.56 Å². The fourth-order valence-electron chi connectivity index (χ4n) is 4.06. The second-order valence-corrected chi connectivity index (χ2v) is 8.87. The molecule has 12 heteroatoms. The maximum absolute atomic E-state index is 13.5. The van der Waals surface area contributed by atoms with Gasteiger partial charge in [0.25, 0.3) is 5.91 Å². The van der Waals surface area contributed by atoms with E-state index in [9.17, 15) is 24.0 Å². The van der Waals surface area contributed by atoms with Crippen molar-refractivity contribution in [3.05, 3.63) is 65.7 Å². The molecule has 0 unspecified atom stereocenters. The lowest BCUT2D eigenvalue weighted by atomic mass is 9.95. The first-order valence-corrected chi connectivity index (χ1v) is 12.4. The van der Waals surface area contributed by atoms with E-state index in [2.05, 4.69) is 5.32 Å². The van der Waals surface area contributed by atoms with Gasteiger partial charge in [-0.2, -0.15) is 0 Å². The summed E-state index contributed by atoms with van der Waals surface area (Å²) in [5.41, 5.74) is 1.01. The van der Waals surface area contributed by atoms with Gasteiger partial charge in [-0.3, -0.25) is 24.0 Å². The smallest absolute Gasteiger partial charge is 0.305 e. The van der Waals surface area contributed by atoms with Gasteiger partial charge in [0.1, 0.15) is 31.1 Å². The van der Waals surface area contributed by atoms with Crippen LogP contribution >= 0.6 is 0 Å². The lowest BCUT2D eigenvalue weighted by Gasteiger charge is -2.44. The van der Waals surface area contributed by atoms with Crippen LogP contribution in [0.2, 0.25) is 0 Å². The highest BCUT2D eigenvalue weighted by Gasteiger charge is 2.52. The molecule has 1 fully saturated rings. The summed E-state index contributed by atoms with van der Waals surface area (Å²) >= 11 is 0. The molecule has 0 radical (unpaired) electrons. The van der Waals surface area contributed by atoms with Crippen molar-refractivity contribution in [2.75, 3.05) is 6.61 Å². The van der Waals surface area contributed by atoms with Crippen LogP contribution in [0.4, 0.5) is 0 Å². The number of benzene rings is 2. The standard InChI is InChI=1S/C28H31NO11/c1-16(30)35-15-23-25(37-17(2)31)26(38-18(3)32)24(28(40-23)39-19(4)33)29-27(34)21-12-8-9-13-22(21)36-14-20-10-6-5-7-11-20/h5-13,23-26,28H,14-15H2,1-4H3,(H,29,34)/t23-,24+,25-,26+,28-/m0/s1. The molecule has 1 heterocycles. The minimum atomic E-state index is -1.50. The maximum Gasteiger partial charge on any atom is 0.305 e. The first kappa shape index (κ1) is 30.1. The molecule has 214 valence electrons. The molecular weight excluding hydrogens is 526 g/mol. The largest absolute Gasteiger partial charge is 0.488 e. The zero-order chi connectivity index (χ0) is 29.2. The summed E-state index contributed by atoms with van der Waals surface area (Å²) in [5.74, 6) is -3.36. The molecule has 5 atom stereocenters. The van der Waals surface area contributed by atoms with Gasteiger partial charge in [-0.15, -0.1) is 0 Å². The molecule has 12 nitrogen and oxygen atoms in total. The van der Waals surface area contributed by atoms with Crippen molar-refractivity contribution < 1.29 is 52.4 Å². The molecule has 40 heavy (non-hydrogen) atoms. The molecule has 1 aliphatic rings. The predicted molar refractivity (Wildman–Crippen MR) is 137 cm³/mol. The quantitative estimate of drug-likeness (QED) is 0.337. The Labute approximate surface area is 230 Å². The van der Waals surface area contributed by atoms with Crippen LogP contribution in [0.5, 0.6) is 5.75 Å². The molecule has 0 bridgehead atoms. The number of rotatable bonds is 10. The Balaban J connectivity index is 1.93. The number of hydrogen-bond donors (Lipinski definition) is 1. The fraction of sp³-hybridized carbons (Fsp3) is 0.393. The second kappa shape index (κ2) is 14.1. The Morgan fingerprint density at radius 3 is 1.98 bits per heavy atom. The van der Waals surface area contributed by atoms with Gasteiger partial charge >= 0.3 is 23.9 Å². The number of hydrogen-bond acceptors (Lipinski definition) is 11. The van der Waals surface area contributed by atoms with E-state index in [-0.39, 0.29) is 17.9 Å². The molecule has 1 amide bonds. The third kappa shape index (κ3) is 8.53. The van der Waals surface area contributed by atoms with Gasteiger partial charge < -0.3 is 33.7 Å². The highest BCUT2D eigenvalue weighted by atomic mass is 16.7. The molecule has 3 rings (SSSR count). The zero-order valence-electron chi connectivity index (χ0n) is 22.5. The molecular formula is C28H31NO11. The van der Waals surface area contributed by atoms with Crippen LogP contribution in [0.3, 0.4) is 0 Å². The Morgan fingerprint density at radius 2 is 1.35 bits per heavy atom. The van der Waals surface area contributed by atoms with Crippen LogP contribution in [0, 0.1) is 0 Å². The van der Waals surface area contributed by atoms with Crippen molar-refractivity contribution >= 4 is 29.8 Å². The molecule has 0 spiro atoms. The second-order valence-electron chi connectivity index (χ2n) is 8.87. The number of carbonyl (C=O) groups is 5. The average Bonchev–Trinajstić information content (AvgIpc) is 2.89. The van der Waals surface area contributed by atoms with Crippen LogP contribution in [-0.2, 0) is 49.5 Å². The number of esters is 4. The lowest BCUT2D eigenvalue weighted by molar-refractivity contribution is -0.270. The molecule has 1 aliphatic heterocycles. The molecule has 1 N–H and O–H groups in total. The summed E-state index contributed by atoms with van der Waals surface area (Å²) in [6.45, 7) is 4.30. The van der Waals surface area contributed by atoms with Crippen molar-refractivity contribution in [3.8, 4) is 5.75 Å². The highest BCUT2D eigenvalue weighted by Crippen LogP contribution is 2.29.